The molecule has 2 aromatic carbocycles. The largest absolute Gasteiger partial charge is 0.494 e. The summed E-state index contributed by atoms with van der Waals surface area (Å²) in [6.45, 7) is 0.0112. The number of urea groups is 1. The maximum Gasteiger partial charge on any atom is 0.322 e. The van der Waals surface area contributed by atoms with Crippen molar-refractivity contribution in [3.63, 3.8) is 0 Å². The van der Waals surface area contributed by atoms with E-state index in [2.05, 4.69) is 15.6 Å². The molecule has 3 N–H and O–H groups in total. The minimum absolute atomic E-state index is 0.0112. The van der Waals surface area contributed by atoms with Gasteiger partial charge in [0.1, 0.15) is 0 Å². The van der Waals surface area contributed by atoms with E-state index in [1.165, 1.54) is 0 Å². The number of carbonyl (C=O) groups is 2. The number of hydrogen-bond acceptors (Lipinski definition) is 4. The lowest BCUT2D eigenvalue weighted by Gasteiger charge is -2.27. The van der Waals surface area contributed by atoms with Crippen molar-refractivity contribution in [1.82, 2.24) is 20.2 Å². The normalized spacial score (nSPS) is 18.2. The monoisotopic (exact) mass is 432 g/mol. The zero-order valence-electron chi connectivity index (χ0n) is 16.2. The van der Waals surface area contributed by atoms with Gasteiger partial charge in [0.2, 0.25) is 0 Å². The lowest BCUT2D eigenvalue weighted by molar-refractivity contribution is -0.124. The van der Waals surface area contributed by atoms with Crippen LogP contribution in [0.2, 0.25) is 5.02 Å². The summed E-state index contributed by atoms with van der Waals surface area (Å²) in [4.78, 5) is 29.0. The van der Waals surface area contributed by atoms with Gasteiger partial charge in [-0.1, -0.05) is 41.9 Å². The molecule has 3 heterocycles. The number of benzene rings is 2. The van der Waals surface area contributed by atoms with E-state index in [9.17, 15) is 14.7 Å². The van der Waals surface area contributed by atoms with Crippen molar-refractivity contribution >= 4 is 34.3 Å². The first-order chi connectivity index (χ1) is 15.0. The van der Waals surface area contributed by atoms with Crippen LogP contribution in [0.4, 0.5) is 4.79 Å². The van der Waals surface area contributed by atoms with Crippen molar-refractivity contribution in [2.75, 3.05) is 0 Å². The summed E-state index contributed by atoms with van der Waals surface area (Å²) >= 11 is 6.06. The highest BCUT2D eigenvalue weighted by atomic mass is 35.5. The molecular formula is C23H17ClN4O3. The van der Waals surface area contributed by atoms with Crippen molar-refractivity contribution in [2.24, 2.45) is 0 Å². The van der Waals surface area contributed by atoms with Crippen LogP contribution < -0.4 is 10.6 Å². The van der Waals surface area contributed by atoms with E-state index in [-0.39, 0.29) is 12.4 Å². The van der Waals surface area contributed by atoms with Gasteiger partial charge in [-0.3, -0.25) is 15.1 Å². The molecule has 1 aliphatic heterocycles. The molecule has 5 rings (SSSR count). The Bertz CT molecular complexity index is 1320. The average molecular weight is 433 g/mol. The predicted molar refractivity (Wildman–Crippen MR) is 117 cm³/mol. The average Bonchev–Trinajstić information content (AvgIpc) is 3.24. The maximum absolute atomic E-state index is 12.9. The van der Waals surface area contributed by atoms with Crippen LogP contribution in [0.25, 0.3) is 21.9 Å². The number of nitrogens with zero attached hydrogens (tertiary/aromatic N) is 2. The van der Waals surface area contributed by atoms with E-state index < -0.39 is 17.5 Å². The van der Waals surface area contributed by atoms with E-state index in [1.807, 2.05) is 24.3 Å². The van der Waals surface area contributed by atoms with Gasteiger partial charge in [0.05, 0.1) is 6.54 Å². The molecule has 8 heteroatoms. The van der Waals surface area contributed by atoms with Gasteiger partial charge in [-0.15, -0.1) is 0 Å². The van der Waals surface area contributed by atoms with E-state index in [0.717, 1.165) is 16.5 Å². The van der Waals surface area contributed by atoms with Crippen LogP contribution in [0, 0.1) is 0 Å². The van der Waals surface area contributed by atoms with Gasteiger partial charge in [-0.25, -0.2) is 4.79 Å². The molecule has 4 aromatic rings. The summed E-state index contributed by atoms with van der Waals surface area (Å²) in [6.07, 6.45) is 5.15. The van der Waals surface area contributed by atoms with Crippen LogP contribution in [0.3, 0.4) is 0 Å². The summed E-state index contributed by atoms with van der Waals surface area (Å²) < 4.78 is 1.54. The number of imide groups is 1. The molecule has 0 bridgehead atoms. The van der Waals surface area contributed by atoms with Gasteiger partial charge in [0.15, 0.2) is 11.4 Å². The second-order valence-electron chi connectivity index (χ2n) is 7.44. The van der Waals surface area contributed by atoms with Gasteiger partial charge < -0.3 is 15.0 Å². The summed E-state index contributed by atoms with van der Waals surface area (Å²) in [7, 11) is 0. The Morgan fingerprint density at radius 1 is 1.00 bits per heavy atom. The summed E-state index contributed by atoms with van der Waals surface area (Å²) in [6, 6.07) is 15.8. The molecule has 31 heavy (non-hydrogen) atoms. The highest BCUT2D eigenvalue weighted by Gasteiger charge is 2.48. The molecule has 0 aliphatic carbocycles. The van der Waals surface area contributed by atoms with E-state index in [0.29, 0.717) is 16.0 Å². The van der Waals surface area contributed by atoms with E-state index in [4.69, 9.17) is 11.6 Å². The van der Waals surface area contributed by atoms with Crippen molar-refractivity contribution < 1.29 is 14.7 Å². The SMILES string of the molecule is O=C1NC(=O)[C@](Cn2cc3ccc(Cl)cc3c2O)(c2ccc(-c3ccncc3)cc2)N1. The minimum atomic E-state index is -1.37. The van der Waals surface area contributed by atoms with Gasteiger partial charge in [0.25, 0.3) is 5.91 Å². The zero-order chi connectivity index (χ0) is 21.6. The van der Waals surface area contributed by atoms with Crippen LogP contribution in [0.15, 0.2) is 73.2 Å². The fraction of sp³-hybridized carbons (Fsp3) is 0.0870. The molecule has 0 unspecified atom stereocenters. The smallest absolute Gasteiger partial charge is 0.322 e. The van der Waals surface area contributed by atoms with Crippen LogP contribution in [-0.2, 0) is 16.9 Å². The summed E-state index contributed by atoms with van der Waals surface area (Å²) in [5.41, 5.74) is 1.17. The molecule has 1 aliphatic rings. The Morgan fingerprint density at radius 2 is 1.71 bits per heavy atom. The summed E-state index contributed by atoms with van der Waals surface area (Å²) in [5.74, 6) is -0.511. The molecular weight excluding hydrogens is 416 g/mol. The Kier molecular flexibility index (Phi) is 4.41. The Labute approximate surface area is 182 Å². The third-order valence-corrected chi connectivity index (χ3v) is 5.80. The number of hydrogen-bond donors (Lipinski definition) is 3. The standard InChI is InChI=1S/C23H17ClN4O3/c24-18-6-3-16-12-28(20(29)19(16)11-18)13-23(21(30)26-22(31)27-23)17-4-1-14(2-5-17)15-7-9-25-10-8-15/h1-12,29H,13H2,(H2,26,27,30,31)/t23-/m0/s1. The number of pyridine rings is 1. The molecule has 0 spiro atoms. The molecule has 2 aromatic heterocycles. The van der Waals surface area contributed by atoms with Crippen molar-refractivity contribution in [3.05, 3.63) is 83.8 Å². The second kappa shape index (κ2) is 7.14. The minimum Gasteiger partial charge on any atom is -0.494 e. The molecule has 1 saturated heterocycles. The number of nitrogens with one attached hydrogen (secondary N) is 2. The van der Waals surface area contributed by atoms with E-state index >= 15 is 0 Å². The first-order valence-corrected chi connectivity index (χ1v) is 9.96. The molecule has 1 atom stereocenters. The second-order valence-corrected chi connectivity index (χ2v) is 7.88. The molecule has 0 radical (unpaired) electrons. The first kappa shape index (κ1) is 19.1. The van der Waals surface area contributed by atoms with Crippen LogP contribution in [0.5, 0.6) is 5.88 Å². The lowest BCUT2D eigenvalue weighted by atomic mass is 9.88. The highest BCUT2D eigenvalue weighted by molar-refractivity contribution is 6.31. The third kappa shape index (κ3) is 3.19. The Hall–Kier alpha value is -3.84. The van der Waals surface area contributed by atoms with Gasteiger partial charge in [-0.2, -0.15) is 0 Å². The predicted octanol–water partition coefficient (Wildman–Crippen LogP) is 3.80. The number of fused-ring (bicyclic) bond motifs is 1. The molecule has 7 nitrogen and oxygen atoms in total. The van der Waals surface area contributed by atoms with Gasteiger partial charge >= 0.3 is 6.03 Å². The molecule has 154 valence electrons. The third-order valence-electron chi connectivity index (χ3n) is 5.56. The number of halogens is 1. The van der Waals surface area contributed by atoms with Crippen LogP contribution in [-0.4, -0.2) is 26.6 Å². The van der Waals surface area contributed by atoms with Gasteiger partial charge in [0, 0.05) is 34.4 Å². The van der Waals surface area contributed by atoms with Gasteiger partial charge in [-0.05, 0) is 41.0 Å². The number of carbonyl (C=O) groups excluding carboxylic acids is 2. The number of aromatic hydroxyl groups is 1. The number of amides is 3. The zero-order valence-corrected chi connectivity index (χ0v) is 16.9. The lowest BCUT2D eigenvalue weighted by Crippen LogP contribution is -2.47. The first-order valence-electron chi connectivity index (χ1n) is 9.58. The maximum atomic E-state index is 12.9. The highest BCUT2D eigenvalue weighted by Crippen LogP contribution is 2.35. The van der Waals surface area contributed by atoms with Crippen LogP contribution >= 0.6 is 11.6 Å². The van der Waals surface area contributed by atoms with Crippen molar-refractivity contribution in [2.45, 2.75) is 12.1 Å². The summed E-state index contributed by atoms with van der Waals surface area (Å²) in [5, 5.41) is 17.6. The molecule has 3 amide bonds. The quantitative estimate of drug-likeness (QED) is 0.427. The topological polar surface area (TPSA) is 96.2 Å². The Morgan fingerprint density at radius 3 is 2.39 bits per heavy atom. The van der Waals surface area contributed by atoms with Crippen LogP contribution in [0.1, 0.15) is 5.56 Å². The Balaban J connectivity index is 1.57. The van der Waals surface area contributed by atoms with E-state index in [1.54, 1.807) is 53.5 Å². The van der Waals surface area contributed by atoms with Crippen molar-refractivity contribution in [1.29, 1.82) is 0 Å². The molecule has 0 saturated carbocycles. The molecule has 1 fully saturated rings. The number of aromatic nitrogens is 2. The fourth-order valence-electron chi connectivity index (χ4n) is 3.98. The fourth-order valence-corrected chi connectivity index (χ4v) is 4.16. The number of rotatable bonds is 4. The van der Waals surface area contributed by atoms with Crippen molar-refractivity contribution in [3.8, 4) is 17.0 Å².